The highest BCUT2D eigenvalue weighted by Gasteiger charge is 2.20. The second-order valence-corrected chi connectivity index (χ2v) is 7.62. The van der Waals surface area contributed by atoms with E-state index in [2.05, 4.69) is 9.97 Å². The predicted molar refractivity (Wildman–Crippen MR) is 105 cm³/mol. The minimum absolute atomic E-state index is 0.0766. The van der Waals surface area contributed by atoms with Gasteiger partial charge in [-0.05, 0) is 37.6 Å². The van der Waals surface area contributed by atoms with Crippen molar-refractivity contribution >= 4 is 45.0 Å². The minimum Gasteiger partial charge on any atom is -0.452 e. The fourth-order valence-corrected chi connectivity index (χ4v) is 4.01. The van der Waals surface area contributed by atoms with E-state index in [1.165, 1.54) is 16.2 Å². The molecule has 0 N–H and O–H groups in total. The number of benzene rings is 1. The third-order valence-electron chi connectivity index (χ3n) is 3.97. The first-order valence-electron chi connectivity index (χ1n) is 8.24. The topological polar surface area (TPSA) is 72.4 Å². The van der Waals surface area contributed by atoms with Crippen LogP contribution >= 0.6 is 22.9 Å². The van der Waals surface area contributed by atoms with Crippen LogP contribution in [-0.4, -0.2) is 40.4 Å². The van der Waals surface area contributed by atoms with Crippen LogP contribution in [0.5, 0.6) is 0 Å². The Bertz CT molecular complexity index is 962. The molecule has 8 heteroatoms. The maximum Gasteiger partial charge on any atom is 0.342 e. The van der Waals surface area contributed by atoms with E-state index in [1.54, 1.807) is 27.0 Å². The molecular formula is C19H18ClN3O3S. The molecule has 3 rings (SSSR count). The standard InChI is InChI=1S/C19H18ClN3O3S/c1-11-8-12(2)21-18(20)17(11)19(25)26-10-16(24)23(3)9-15-22-13-6-4-5-7-14(13)27-15/h4-8H,9-10H2,1-3H3. The van der Waals surface area contributed by atoms with Gasteiger partial charge in [0.15, 0.2) is 6.61 Å². The van der Waals surface area contributed by atoms with Crippen molar-refractivity contribution in [3.8, 4) is 0 Å². The van der Waals surface area contributed by atoms with Crippen LogP contribution < -0.4 is 0 Å². The molecule has 1 aromatic carbocycles. The first-order chi connectivity index (χ1) is 12.8. The van der Waals surface area contributed by atoms with E-state index in [1.807, 2.05) is 24.3 Å². The number of fused-ring (bicyclic) bond motifs is 1. The maximum atomic E-state index is 12.3. The molecule has 2 aromatic heterocycles. The van der Waals surface area contributed by atoms with Gasteiger partial charge in [0.1, 0.15) is 10.2 Å². The molecule has 0 saturated carbocycles. The van der Waals surface area contributed by atoms with Crippen molar-refractivity contribution in [2.24, 2.45) is 0 Å². The normalized spacial score (nSPS) is 10.8. The molecule has 0 aliphatic carbocycles. The largest absolute Gasteiger partial charge is 0.452 e. The highest BCUT2D eigenvalue weighted by molar-refractivity contribution is 7.18. The molecule has 0 bridgehead atoms. The van der Waals surface area contributed by atoms with Gasteiger partial charge >= 0.3 is 5.97 Å². The van der Waals surface area contributed by atoms with Gasteiger partial charge < -0.3 is 9.64 Å². The number of likely N-dealkylation sites (N-methyl/N-ethyl adjacent to an activating group) is 1. The molecule has 0 fully saturated rings. The number of halogens is 1. The fraction of sp³-hybridized carbons (Fsp3) is 0.263. The molecule has 0 radical (unpaired) electrons. The Kier molecular flexibility index (Phi) is 5.72. The van der Waals surface area contributed by atoms with Gasteiger partial charge in [0.05, 0.1) is 22.3 Å². The first kappa shape index (κ1) is 19.3. The number of aromatic nitrogens is 2. The number of ether oxygens (including phenoxy) is 1. The van der Waals surface area contributed by atoms with Crippen LogP contribution in [0.4, 0.5) is 0 Å². The highest BCUT2D eigenvalue weighted by atomic mass is 35.5. The predicted octanol–water partition coefficient (Wildman–Crippen LogP) is 3.78. The summed E-state index contributed by atoms with van der Waals surface area (Å²) >= 11 is 7.57. The Balaban J connectivity index is 1.60. The molecule has 6 nitrogen and oxygen atoms in total. The van der Waals surface area contributed by atoms with Crippen LogP contribution in [0.3, 0.4) is 0 Å². The van der Waals surface area contributed by atoms with Crippen molar-refractivity contribution in [3.63, 3.8) is 0 Å². The van der Waals surface area contributed by atoms with Crippen molar-refractivity contribution in [2.75, 3.05) is 13.7 Å². The number of hydrogen-bond donors (Lipinski definition) is 0. The van der Waals surface area contributed by atoms with Gasteiger partial charge in [-0.2, -0.15) is 0 Å². The molecular weight excluding hydrogens is 386 g/mol. The second-order valence-electron chi connectivity index (χ2n) is 6.15. The Morgan fingerprint density at radius 1 is 1.22 bits per heavy atom. The molecule has 3 aromatic rings. The lowest BCUT2D eigenvalue weighted by atomic mass is 10.1. The number of carbonyl (C=O) groups is 2. The van der Waals surface area contributed by atoms with Crippen molar-refractivity contribution in [1.82, 2.24) is 14.9 Å². The summed E-state index contributed by atoms with van der Waals surface area (Å²) < 4.78 is 6.20. The summed E-state index contributed by atoms with van der Waals surface area (Å²) in [5.74, 6) is -0.983. The summed E-state index contributed by atoms with van der Waals surface area (Å²) in [5.41, 5.74) is 2.46. The SMILES string of the molecule is Cc1cc(C)c(C(=O)OCC(=O)N(C)Cc2nc3ccccc3s2)c(Cl)n1. The summed E-state index contributed by atoms with van der Waals surface area (Å²) in [6.45, 7) is 3.51. The van der Waals surface area contributed by atoms with E-state index in [0.717, 1.165) is 15.2 Å². The molecule has 140 valence electrons. The van der Waals surface area contributed by atoms with Crippen LogP contribution in [0.2, 0.25) is 5.15 Å². The third-order valence-corrected chi connectivity index (χ3v) is 5.26. The number of amides is 1. The van der Waals surface area contributed by atoms with Gasteiger partial charge in [-0.25, -0.2) is 14.8 Å². The van der Waals surface area contributed by atoms with Crippen LogP contribution in [0, 0.1) is 13.8 Å². The van der Waals surface area contributed by atoms with E-state index in [0.29, 0.717) is 17.8 Å². The molecule has 0 saturated heterocycles. The monoisotopic (exact) mass is 403 g/mol. The second kappa shape index (κ2) is 8.02. The maximum absolute atomic E-state index is 12.3. The van der Waals surface area contributed by atoms with Crippen molar-refractivity contribution in [2.45, 2.75) is 20.4 Å². The Morgan fingerprint density at radius 2 is 1.96 bits per heavy atom. The quantitative estimate of drug-likeness (QED) is 0.479. The lowest BCUT2D eigenvalue weighted by Gasteiger charge is -2.16. The number of rotatable bonds is 5. The van der Waals surface area contributed by atoms with E-state index in [4.69, 9.17) is 16.3 Å². The van der Waals surface area contributed by atoms with Gasteiger partial charge in [0.2, 0.25) is 0 Å². The fourth-order valence-electron chi connectivity index (χ4n) is 2.62. The molecule has 0 aliphatic rings. The Labute approximate surface area is 165 Å². The number of thiazole rings is 1. The van der Waals surface area contributed by atoms with Crippen LogP contribution in [-0.2, 0) is 16.1 Å². The molecule has 0 atom stereocenters. The van der Waals surface area contributed by atoms with Gasteiger partial charge in [-0.3, -0.25) is 4.79 Å². The van der Waals surface area contributed by atoms with Gasteiger partial charge in [-0.1, -0.05) is 23.7 Å². The number of esters is 1. The summed E-state index contributed by atoms with van der Waals surface area (Å²) in [7, 11) is 1.65. The van der Waals surface area contributed by atoms with Crippen molar-refractivity contribution < 1.29 is 14.3 Å². The minimum atomic E-state index is -0.660. The van der Waals surface area contributed by atoms with E-state index < -0.39 is 5.97 Å². The zero-order valence-electron chi connectivity index (χ0n) is 15.2. The van der Waals surface area contributed by atoms with Crippen LogP contribution in [0.15, 0.2) is 30.3 Å². The molecule has 27 heavy (non-hydrogen) atoms. The molecule has 0 spiro atoms. The zero-order chi connectivity index (χ0) is 19.6. The van der Waals surface area contributed by atoms with Crippen molar-refractivity contribution in [1.29, 1.82) is 0 Å². The van der Waals surface area contributed by atoms with Gasteiger partial charge in [0, 0.05) is 12.7 Å². The molecule has 2 heterocycles. The zero-order valence-corrected chi connectivity index (χ0v) is 16.7. The van der Waals surface area contributed by atoms with Gasteiger partial charge in [-0.15, -0.1) is 11.3 Å². The molecule has 1 amide bonds. The lowest BCUT2D eigenvalue weighted by molar-refractivity contribution is -0.133. The molecule has 0 aliphatic heterocycles. The van der Waals surface area contributed by atoms with Crippen LogP contribution in [0.1, 0.15) is 26.6 Å². The number of aryl methyl sites for hydroxylation is 2. The number of para-hydroxylation sites is 1. The summed E-state index contributed by atoms with van der Waals surface area (Å²) in [4.78, 5) is 34.6. The van der Waals surface area contributed by atoms with Crippen molar-refractivity contribution in [3.05, 3.63) is 57.3 Å². The molecule has 0 unspecified atom stereocenters. The Morgan fingerprint density at radius 3 is 2.67 bits per heavy atom. The summed E-state index contributed by atoms with van der Waals surface area (Å²) in [5, 5.41) is 0.896. The lowest BCUT2D eigenvalue weighted by Crippen LogP contribution is -2.31. The average molecular weight is 404 g/mol. The summed E-state index contributed by atoms with van der Waals surface area (Å²) in [6.07, 6.45) is 0. The Hall–Kier alpha value is -2.51. The summed E-state index contributed by atoms with van der Waals surface area (Å²) in [6, 6.07) is 9.53. The van der Waals surface area contributed by atoms with E-state index >= 15 is 0 Å². The van der Waals surface area contributed by atoms with E-state index in [-0.39, 0.29) is 23.2 Å². The number of hydrogen-bond acceptors (Lipinski definition) is 6. The number of nitrogens with zero attached hydrogens (tertiary/aromatic N) is 3. The number of carbonyl (C=O) groups excluding carboxylic acids is 2. The first-order valence-corrected chi connectivity index (χ1v) is 9.44. The van der Waals surface area contributed by atoms with E-state index in [9.17, 15) is 9.59 Å². The smallest absolute Gasteiger partial charge is 0.342 e. The highest BCUT2D eigenvalue weighted by Crippen LogP contribution is 2.23. The average Bonchev–Trinajstić information content (AvgIpc) is 3.00. The third kappa shape index (κ3) is 4.43. The van der Waals surface area contributed by atoms with Gasteiger partial charge in [0.25, 0.3) is 5.91 Å². The number of pyridine rings is 1. The van der Waals surface area contributed by atoms with Crippen LogP contribution in [0.25, 0.3) is 10.2 Å².